The summed E-state index contributed by atoms with van der Waals surface area (Å²) in [5.41, 5.74) is 8.54. The second-order valence-electron chi connectivity index (χ2n) is 9.10. The van der Waals surface area contributed by atoms with Crippen LogP contribution in [0.5, 0.6) is 0 Å². The van der Waals surface area contributed by atoms with Crippen LogP contribution in [0.15, 0.2) is 35.2 Å². The number of anilines is 1. The Morgan fingerprint density at radius 1 is 1.22 bits per heavy atom. The lowest BCUT2D eigenvalue weighted by atomic mass is 10.0. The Labute approximate surface area is 210 Å². The van der Waals surface area contributed by atoms with E-state index in [1.54, 1.807) is 44.2 Å². The first kappa shape index (κ1) is 27.5. The van der Waals surface area contributed by atoms with Gasteiger partial charge in [0.1, 0.15) is 11.9 Å². The molecule has 1 saturated heterocycles. The van der Waals surface area contributed by atoms with E-state index >= 15 is 0 Å². The van der Waals surface area contributed by atoms with Gasteiger partial charge in [0.25, 0.3) is 0 Å². The van der Waals surface area contributed by atoms with Gasteiger partial charge in [-0.1, -0.05) is 23.8 Å². The number of nitrogen functional groups attached to an aromatic ring is 1. The van der Waals surface area contributed by atoms with Crippen molar-refractivity contribution < 1.29 is 28.0 Å². The molecule has 0 spiro atoms. The molecular weight excluding hydrogens is 486 g/mol. The van der Waals surface area contributed by atoms with Gasteiger partial charge in [-0.2, -0.15) is 10.2 Å². The molecule has 12 heteroatoms. The number of carboxylic acids is 1. The number of nitrogens with two attached hydrogens (primary N) is 1. The number of sulfonamides is 1. The highest BCUT2D eigenvalue weighted by Crippen LogP contribution is 2.25. The maximum absolute atomic E-state index is 13.5. The van der Waals surface area contributed by atoms with Crippen LogP contribution in [0.2, 0.25) is 0 Å². The number of carbonyl (C=O) groups excluding carboxylic acids is 1. The quantitative estimate of drug-likeness (QED) is 0.218. The fourth-order valence-corrected chi connectivity index (χ4v) is 6.19. The molecule has 2 heterocycles. The third-order valence-electron chi connectivity index (χ3n) is 6.00. The number of carboxylic acid groups (broad SMARTS) is 1. The first-order chi connectivity index (χ1) is 16.9. The molecule has 36 heavy (non-hydrogen) atoms. The van der Waals surface area contributed by atoms with Crippen molar-refractivity contribution in [2.45, 2.75) is 69.5 Å². The number of carbonyl (C=O) groups is 2. The van der Waals surface area contributed by atoms with Crippen molar-refractivity contribution in [2.75, 3.05) is 12.3 Å². The predicted molar refractivity (Wildman–Crippen MR) is 133 cm³/mol. The lowest BCUT2D eigenvalue weighted by molar-refractivity contribution is -0.149. The molecule has 2 unspecified atom stereocenters. The second-order valence-corrected chi connectivity index (χ2v) is 10.7. The highest BCUT2D eigenvalue weighted by molar-refractivity contribution is 7.89. The molecule has 6 N–H and O–H groups in total. The number of nitrogens with zero attached hydrogens (tertiary/aromatic N) is 1. The third kappa shape index (κ3) is 6.58. The summed E-state index contributed by atoms with van der Waals surface area (Å²) >= 11 is 0. The van der Waals surface area contributed by atoms with Crippen molar-refractivity contribution >= 4 is 27.7 Å². The molecule has 196 valence electrons. The number of aromatic nitrogens is 1. The number of hydrogen-bond acceptors (Lipinski definition) is 8. The van der Waals surface area contributed by atoms with Crippen molar-refractivity contribution in [3.63, 3.8) is 0 Å². The molecule has 1 aromatic heterocycles. The van der Waals surface area contributed by atoms with Gasteiger partial charge < -0.3 is 21.0 Å². The van der Waals surface area contributed by atoms with E-state index in [1.807, 2.05) is 6.92 Å². The Kier molecular flexibility index (Phi) is 8.67. The fourth-order valence-electron chi connectivity index (χ4n) is 4.43. The van der Waals surface area contributed by atoms with Crippen molar-refractivity contribution in [3.05, 3.63) is 52.7 Å². The van der Waals surface area contributed by atoms with Gasteiger partial charge in [0.05, 0.1) is 11.5 Å². The van der Waals surface area contributed by atoms with Crippen molar-refractivity contribution in [1.29, 1.82) is 0 Å². The Morgan fingerprint density at radius 2 is 1.92 bits per heavy atom. The van der Waals surface area contributed by atoms with Crippen molar-refractivity contribution in [1.82, 2.24) is 20.5 Å². The molecule has 0 aliphatic carbocycles. The number of hydroxylamine groups is 1. The van der Waals surface area contributed by atoms with E-state index in [0.29, 0.717) is 36.2 Å². The minimum atomic E-state index is -4.33. The fraction of sp³-hybridized carbons (Fsp3) is 0.458. The van der Waals surface area contributed by atoms with Crippen LogP contribution in [-0.2, 0) is 30.9 Å². The number of nitrogens with one attached hydrogen (secondary N) is 3. The summed E-state index contributed by atoms with van der Waals surface area (Å²) < 4.78 is 29.3. The number of hydrogen-bond donors (Lipinski definition) is 5. The van der Waals surface area contributed by atoms with Gasteiger partial charge in [-0.25, -0.2) is 18.2 Å². The molecule has 1 fully saturated rings. The lowest BCUT2D eigenvalue weighted by Gasteiger charge is -2.32. The van der Waals surface area contributed by atoms with Gasteiger partial charge in [-0.05, 0) is 76.1 Å². The summed E-state index contributed by atoms with van der Waals surface area (Å²) in [6.07, 6.45) is 1.43. The van der Waals surface area contributed by atoms with Crippen LogP contribution in [0.1, 0.15) is 48.1 Å². The van der Waals surface area contributed by atoms with Crippen LogP contribution in [0.3, 0.4) is 0 Å². The molecule has 1 aliphatic rings. The molecule has 1 aliphatic heterocycles. The zero-order valence-electron chi connectivity index (χ0n) is 20.6. The van der Waals surface area contributed by atoms with Crippen molar-refractivity contribution in [3.8, 4) is 0 Å². The Hall–Kier alpha value is -3.06. The summed E-state index contributed by atoms with van der Waals surface area (Å²) in [5.74, 6) is -1.81. The van der Waals surface area contributed by atoms with Gasteiger partial charge in [0, 0.05) is 5.69 Å². The number of benzene rings is 1. The summed E-state index contributed by atoms with van der Waals surface area (Å²) in [4.78, 5) is 34.7. The molecule has 0 radical (unpaired) electrons. The Morgan fingerprint density at radius 3 is 2.50 bits per heavy atom. The van der Waals surface area contributed by atoms with Crippen LogP contribution in [0.4, 0.5) is 5.82 Å². The zero-order valence-corrected chi connectivity index (χ0v) is 21.4. The van der Waals surface area contributed by atoms with Gasteiger partial charge in [-0.15, -0.1) is 0 Å². The van der Waals surface area contributed by atoms with E-state index in [0.717, 1.165) is 11.3 Å². The van der Waals surface area contributed by atoms with Crippen molar-refractivity contribution in [2.24, 2.45) is 0 Å². The Balaban J connectivity index is 1.88. The van der Waals surface area contributed by atoms with Gasteiger partial charge >= 0.3 is 5.97 Å². The first-order valence-electron chi connectivity index (χ1n) is 11.7. The number of rotatable bonds is 11. The predicted octanol–water partition coefficient (Wildman–Crippen LogP) is 1.47. The minimum Gasteiger partial charge on any atom is -0.478 e. The zero-order chi connectivity index (χ0) is 26.5. The molecule has 0 saturated carbocycles. The monoisotopic (exact) mass is 519 g/mol. The number of pyridine rings is 1. The highest BCUT2D eigenvalue weighted by Gasteiger charge is 2.45. The maximum Gasteiger partial charge on any atom is 0.345 e. The SMILES string of the molecule is Cc1cc(C)c(S(=O)(=O)NC(CCCCc2cccc(N)n2)(NC(=O)C2CCON2)C(=O)O)c(C)c1. The normalized spacial score (nSPS) is 17.5. The molecule has 0 bridgehead atoms. The van der Waals surface area contributed by atoms with Crippen LogP contribution in [0, 0.1) is 20.8 Å². The average Bonchev–Trinajstić information content (AvgIpc) is 3.30. The summed E-state index contributed by atoms with van der Waals surface area (Å²) in [6.45, 7) is 5.41. The number of aliphatic carboxylic acids is 1. The van der Waals surface area contributed by atoms with Gasteiger partial charge in [-0.3, -0.25) is 4.79 Å². The van der Waals surface area contributed by atoms with E-state index in [-0.39, 0.29) is 24.3 Å². The largest absolute Gasteiger partial charge is 0.478 e. The lowest BCUT2D eigenvalue weighted by Crippen LogP contribution is -2.67. The van der Waals surface area contributed by atoms with E-state index in [1.165, 1.54) is 0 Å². The van der Waals surface area contributed by atoms with E-state index < -0.39 is 33.6 Å². The number of unbranched alkanes of at least 4 members (excludes halogenated alkanes) is 1. The van der Waals surface area contributed by atoms with E-state index in [4.69, 9.17) is 10.6 Å². The summed E-state index contributed by atoms with van der Waals surface area (Å²) in [6, 6.07) is 7.87. The van der Waals surface area contributed by atoms with Crippen LogP contribution < -0.4 is 21.3 Å². The highest BCUT2D eigenvalue weighted by atomic mass is 32.2. The minimum absolute atomic E-state index is 0.0146. The molecule has 1 aromatic carbocycles. The molecular formula is C24H33N5O6S. The van der Waals surface area contributed by atoms with Crippen LogP contribution in [0.25, 0.3) is 0 Å². The molecule has 2 atom stereocenters. The van der Waals surface area contributed by atoms with Gasteiger partial charge in [0.2, 0.25) is 21.6 Å². The molecule has 1 amide bonds. The molecule has 3 rings (SSSR count). The number of amides is 1. The van der Waals surface area contributed by atoms with Crippen LogP contribution >= 0.6 is 0 Å². The topological polar surface area (TPSA) is 173 Å². The van der Waals surface area contributed by atoms with Gasteiger partial charge in [0.15, 0.2) is 0 Å². The second kappa shape index (κ2) is 11.3. The average molecular weight is 520 g/mol. The van der Waals surface area contributed by atoms with Crippen LogP contribution in [-0.4, -0.2) is 48.7 Å². The Bertz CT molecular complexity index is 1210. The van der Waals surface area contributed by atoms with E-state index in [2.05, 4.69) is 20.5 Å². The summed E-state index contributed by atoms with van der Waals surface area (Å²) in [5, 5.41) is 12.7. The maximum atomic E-state index is 13.5. The third-order valence-corrected chi connectivity index (χ3v) is 7.80. The van der Waals surface area contributed by atoms with E-state index in [9.17, 15) is 23.1 Å². The smallest absolute Gasteiger partial charge is 0.345 e. The summed E-state index contributed by atoms with van der Waals surface area (Å²) in [7, 11) is -4.33. The standard InChI is InChI=1S/C24H33N5O6S/c1-15-13-16(2)21(17(3)14-15)36(33,34)29-24(23(31)32,27-22(30)19-10-12-35-28-19)11-5-4-7-18-8-6-9-20(25)26-18/h6,8-9,13-14,19,28-29H,4-5,7,10-12H2,1-3H3,(H2,25,26)(H,27,30)(H,31,32). The molecule has 2 aromatic rings. The first-order valence-corrected chi connectivity index (χ1v) is 13.2. The molecule has 11 nitrogen and oxygen atoms in total. The number of aryl methyl sites for hydroxylation is 4.